The summed E-state index contributed by atoms with van der Waals surface area (Å²) in [5, 5.41) is 2.98. The van der Waals surface area contributed by atoms with Gasteiger partial charge in [0.05, 0.1) is 11.0 Å². The van der Waals surface area contributed by atoms with E-state index in [0.29, 0.717) is 6.42 Å². The first-order chi connectivity index (χ1) is 12.1. The minimum Gasteiger partial charge on any atom is -0.335 e. The van der Waals surface area contributed by atoms with Gasteiger partial charge in [0.25, 0.3) is 0 Å². The second kappa shape index (κ2) is 7.51. The Morgan fingerprint density at radius 3 is 2.80 bits per heavy atom. The summed E-state index contributed by atoms with van der Waals surface area (Å²) in [6.07, 6.45) is 5.90. The molecule has 0 aliphatic rings. The third-order valence-corrected chi connectivity index (χ3v) is 4.47. The molecule has 2 aromatic heterocycles. The van der Waals surface area contributed by atoms with E-state index < -0.39 is 0 Å². The molecule has 0 aliphatic carbocycles. The van der Waals surface area contributed by atoms with E-state index in [0.717, 1.165) is 54.3 Å². The molecule has 0 radical (unpaired) electrons. The Kier molecular flexibility index (Phi) is 5.16. The topological polar surface area (TPSA) is 64.7 Å². The fraction of sp³-hybridized carbons (Fsp3) is 0.421. The largest absolute Gasteiger partial charge is 0.335 e. The number of rotatable bonds is 7. The van der Waals surface area contributed by atoms with Crippen LogP contribution in [0.25, 0.3) is 11.0 Å². The van der Waals surface area contributed by atoms with Gasteiger partial charge in [0.2, 0.25) is 5.91 Å². The highest BCUT2D eigenvalue weighted by Crippen LogP contribution is 2.21. The molecule has 132 valence electrons. The van der Waals surface area contributed by atoms with Crippen molar-refractivity contribution in [2.75, 3.05) is 5.32 Å². The fourth-order valence-corrected chi connectivity index (χ4v) is 3.15. The lowest BCUT2D eigenvalue weighted by Gasteiger charge is -2.07. The Hall–Kier alpha value is -2.63. The molecule has 1 amide bonds. The number of aryl methyl sites for hydroxylation is 4. The third-order valence-electron chi connectivity index (χ3n) is 4.47. The van der Waals surface area contributed by atoms with Gasteiger partial charge < -0.3 is 14.5 Å². The van der Waals surface area contributed by atoms with E-state index >= 15 is 0 Å². The first-order valence-corrected chi connectivity index (χ1v) is 8.89. The van der Waals surface area contributed by atoms with Gasteiger partial charge in [0.15, 0.2) is 0 Å². The zero-order valence-electron chi connectivity index (χ0n) is 15.1. The lowest BCUT2D eigenvalue weighted by atomic mass is 10.2. The summed E-state index contributed by atoms with van der Waals surface area (Å²) in [5.41, 5.74) is 2.86. The van der Waals surface area contributed by atoms with Crippen molar-refractivity contribution < 1.29 is 4.79 Å². The van der Waals surface area contributed by atoms with Crippen LogP contribution in [-0.2, 0) is 24.3 Å². The van der Waals surface area contributed by atoms with Crippen LogP contribution >= 0.6 is 0 Å². The lowest BCUT2D eigenvalue weighted by Crippen LogP contribution is -2.12. The van der Waals surface area contributed by atoms with Crippen molar-refractivity contribution in [3.8, 4) is 0 Å². The Morgan fingerprint density at radius 2 is 2.12 bits per heavy atom. The van der Waals surface area contributed by atoms with Crippen molar-refractivity contribution in [3.05, 3.63) is 42.2 Å². The number of fused-ring (bicyclic) bond motifs is 1. The van der Waals surface area contributed by atoms with E-state index in [-0.39, 0.29) is 5.91 Å². The Balaban J connectivity index is 1.62. The second-order valence-electron chi connectivity index (χ2n) is 6.15. The summed E-state index contributed by atoms with van der Waals surface area (Å²) in [6, 6.07) is 5.95. The van der Waals surface area contributed by atoms with Crippen LogP contribution in [0.15, 0.2) is 30.6 Å². The average molecular weight is 339 g/mol. The van der Waals surface area contributed by atoms with E-state index in [1.807, 2.05) is 31.3 Å². The van der Waals surface area contributed by atoms with E-state index in [1.165, 1.54) is 0 Å². The summed E-state index contributed by atoms with van der Waals surface area (Å²) in [4.78, 5) is 21.0. The highest BCUT2D eigenvalue weighted by Gasteiger charge is 2.10. The minimum absolute atomic E-state index is 0.0303. The number of carbonyl (C=O) groups is 1. The summed E-state index contributed by atoms with van der Waals surface area (Å²) in [5.74, 6) is 2.09. The monoisotopic (exact) mass is 339 g/mol. The molecule has 0 fully saturated rings. The number of imidazole rings is 2. The Labute approximate surface area is 147 Å². The highest BCUT2D eigenvalue weighted by molar-refractivity contribution is 5.93. The van der Waals surface area contributed by atoms with E-state index in [4.69, 9.17) is 0 Å². The molecule has 1 N–H and O–H groups in total. The zero-order chi connectivity index (χ0) is 17.8. The SMILES string of the molecule is CCc1nc2cc(NC(=O)CCCn3ccnc3C)ccc2n1CC. The predicted octanol–water partition coefficient (Wildman–Crippen LogP) is 3.54. The second-order valence-corrected chi connectivity index (χ2v) is 6.15. The number of nitrogens with one attached hydrogen (secondary N) is 1. The molecule has 6 nitrogen and oxygen atoms in total. The van der Waals surface area contributed by atoms with Crippen LogP contribution in [0, 0.1) is 6.92 Å². The number of amides is 1. The number of aromatic nitrogens is 4. The molecule has 6 heteroatoms. The number of hydrogen-bond donors (Lipinski definition) is 1. The molecule has 2 heterocycles. The van der Waals surface area contributed by atoms with Crippen molar-refractivity contribution in [3.63, 3.8) is 0 Å². The maximum absolute atomic E-state index is 12.2. The van der Waals surface area contributed by atoms with Crippen LogP contribution < -0.4 is 5.32 Å². The number of benzene rings is 1. The third kappa shape index (κ3) is 3.73. The number of hydrogen-bond acceptors (Lipinski definition) is 3. The summed E-state index contributed by atoms with van der Waals surface area (Å²) < 4.78 is 4.28. The summed E-state index contributed by atoms with van der Waals surface area (Å²) >= 11 is 0. The standard InChI is InChI=1S/C19H25N5O/c1-4-18-22-16-13-15(8-9-17(16)24(18)5-2)21-19(25)7-6-11-23-12-10-20-14(23)3/h8-10,12-13H,4-7,11H2,1-3H3,(H,21,25). The molecule has 0 saturated carbocycles. The Morgan fingerprint density at radius 1 is 1.28 bits per heavy atom. The van der Waals surface area contributed by atoms with Crippen molar-refractivity contribution in [1.29, 1.82) is 0 Å². The molecule has 3 rings (SSSR count). The Bertz CT molecular complexity index is 877. The first-order valence-electron chi connectivity index (χ1n) is 8.89. The maximum atomic E-state index is 12.2. The van der Waals surface area contributed by atoms with Crippen molar-refractivity contribution in [1.82, 2.24) is 19.1 Å². The molecule has 0 atom stereocenters. The van der Waals surface area contributed by atoms with Gasteiger partial charge in [-0.3, -0.25) is 4.79 Å². The molecule has 0 aliphatic heterocycles. The van der Waals surface area contributed by atoms with Gasteiger partial charge >= 0.3 is 0 Å². The van der Waals surface area contributed by atoms with Gasteiger partial charge in [-0.2, -0.15) is 0 Å². The number of nitrogens with zero attached hydrogens (tertiary/aromatic N) is 4. The van der Waals surface area contributed by atoms with Crippen molar-refractivity contribution in [2.45, 2.75) is 53.1 Å². The van der Waals surface area contributed by atoms with Crippen LogP contribution in [0.5, 0.6) is 0 Å². The molecule has 1 aromatic carbocycles. The van der Waals surface area contributed by atoms with Crippen LogP contribution in [0.2, 0.25) is 0 Å². The van der Waals surface area contributed by atoms with Gasteiger partial charge in [-0.05, 0) is 38.5 Å². The van der Waals surface area contributed by atoms with E-state index in [9.17, 15) is 4.79 Å². The highest BCUT2D eigenvalue weighted by atomic mass is 16.1. The normalized spacial score (nSPS) is 11.2. The summed E-state index contributed by atoms with van der Waals surface area (Å²) in [6.45, 7) is 7.91. The molecule has 0 saturated heterocycles. The van der Waals surface area contributed by atoms with Crippen molar-refractivity contribution >= 4 is 22.6 Å². The first kappa shape index (κ1) is 17.2. The van der Waals surface area contributed by atoms with Crippen LogP contribution in [0.3, 0.4) is 0 Å². The van der Waals surface area contributed by atoms with Gasteiger partial charge in [0, 0.05) is 44.0 Å². The smallest absolute Gasteiger partial charge is 0.224 e. The van der Waals surface area contributed by atoms with Crippen LogP contribution in [-0.4, -0.2) is 25.0 Å². The van der Waals surface area contributed by atoms with E-state index in [2.05, 4.69) is 38.3 Å². The van der Waals surface area contributed by atoms with Crippen molar-refractivity contribution in [2.24, 2.45) is 0 Å². The van der Waals surface area contributed by atoms with Crippen LogP contribution in [0.1, 0.15) is 38.3 Å². The maximum Gasteiger partial charge on any atom is 0.224 e. The van der Waals surface area contributed by atoms with Gasteiger partial charge in [-0.1, -0.05) is 6.92 Å². The summed E-state index contributed by atoms with van der Waals surface area (Å²) in [7, 11) is 0. The molecular weight excluding hydrogens is 314 g/mol. The fourth-order valence-electron chi connectivity index (χ4n) is 3.15. The molecule has 0 bridgehead atoms. The molecule has 25 heavy (non-hydrogen) atoms. The number of anilines is 1. The average Bonchev–Trinajstić information content (AvgIpc) is 3.17. The lowest BCUT2D eigenvalue weighted by molar-refractivity contribution is -0.116. The quantitative estimate of drug-likeness (QED) is 0.716. The minimum atomic E-state index is 0.0303. The van der Waals surface area contributed by atoms with Gasteiger partial charge in [0.1, 0.15) is 11.6 Å². The molecule has 3 aromatic rings. The van der Waals surface area contributed by atoms with Gasteiger partial charge in [-0.15, -0.1) is 0 Å². The zero-order valence-corrected chi connectivity index (χ0v) is 15.1. The molecular formula is C19H25N5O. The van der Waals surface area contributed by atoms with Gasteiger partial charge in [-0.25, -0.2) is 9.97 Å². The van der Waals surface area contributed by atoms with Crippen LogP contribution in [0.4, 0.5) is 5.69 Å². The predicted molar refractivity (Wildman–Crippen MR) is 99.6 cm³/mol. The van der Waals surface area contributed by atoms with E-state index in [1.54, 1.807) is 6.20 Å². The number of carbonyl (C=O) groups excluding carboxylic acids is 1. The molecule has 0 spiro atoms. The molecule has 0 unspecified atom stereocenters.